The molecule has 2 aliphatic carbocycles. The molecule has 1 fully saturated rings. The third-order valence-electron chi connectivity index (χ3n) is 2.82. The monoisotopic (exact) mass is 136 g/mol. The lowest BCUT2D eigenvalue weighted by Gasteiger charge is -2.25. The Morgan fingerprint density at radius 2 is 1.50 bits per heavy atom. The van der Waals surface area contributed by atoms with Gasteiger partial charge in [-0.05, 0) is 0 Å². The van der Waals surface area contributed by atoms with E-state index in [0.29, 0.717) is 12.1 Å². The largest absolute Gasteiger partial charge is 0.392 e. The van der Waals surface area contributed by atoms with Crippen molar-refractivity contribution in [3.05, 3.63) is 12.2 Å². The minimum Gasteiger partial charge on any atom is -0.392 e. The molecule has 1 heterocycles. The fraction of sp³-hybridized carbons (Fsp3) is 0.714. The number of aliphatic hydroxyl groups excluding tert-OH is 1. The molecule has 4 unspecified atom stereocenters. The first-order chi connectivity index (χ1) is 4.88. The smallest absolute Gasteiger partial charge is 0.104 e. The van der Waals surface area contributed by atoms with Gasteiger partial charge in [-0.1, -0.05) is 12.2 Å². The van der Waals surface area contributed by atoms with Crippen molar-refractivity contribution < 1.29 is 5.11 Å². The SMILES string of the molecule is OC1C2C=CC1C1N=NC21. The quantitative estimate of drug-likeness (QED) is 0.480. The maximum Gasteiger partial charge on any atom is 0.104 e. The third kappa shape index (κ3) is 0.337. The lowest BCUT2D eigenvalue weighted by atomic mass is 9.95. The fourth-order valence-corrected chi connectivity index (χ4v) is 2.20. The van der Waals surface area contributed by atoms with Crippen LogP contribution in [-0.2, 0) is 0 Å². The van der Waals surface area contributed by atoms with Gasteiger partial charge in [-0.25, -0.2) is 0 Å². The highest BCUT2D eigenvalue weighted by atomic mass is 16.3. The van der Waals surface area contributed by atoms with Crippen LogP contribution in [0.1, 0.15) is 0 Å². The van der Waals surface area contributed by atoms with Crippen LogP contribution >= 0.6 is 0 Å². The summed E-state index contributed by atoms with van der Waals surface area (Å²) in [7, 11) is 0. The van der Waals surface area contributed by atoms with Crippen LogP contribution in [0.3, 0.4) is 0 Å². The summed E-state index contributed by atoms with van der Waals surface area (Å²) >= 11 is 0. The lowest BCUT2D eigenvalue weighted by molar-refractivity contribution is 0.136. The Bertz CT molecular complexity index is 214. The summed E-state index contributed by atoms with van der Waals surface area (Å²) in [5.41, 5.74) is 0. The summed E-state index contributed by atoms with van der Waals surface area (Å²) in [4.78, 5) is 0. The topological polar surface area (TPSA) is 45.0 Å². The highest BCUT2D eigenvalue weighted by molar-refractivity contribution is 5.25. The molecule has 1 N–H and O–H groups in total. The highest BCUT2D eigenvalue weighted by Gasteiger charge is 2.55. The Hall–Kier alpha value is -0.700. The molecule has 0 aromatic carbocycles. The van der Waals surface area contributed by atoms with E-state index >= 15 is 0 Å². The molecule has 1 aliphatic heterocycles. The van der Waals surface area contributed by atoms with Crippen molar-refractivity contribution in [2.75, 3.05) is 0 Å². The van der Waals surface area contributed by atoms with Crippen molar-refractivity contribution in [1.29, 1.82) is 0 Å². The zero-order valence-electron chi connectivity index (χ0n) is 5.38. The summed E-state index contributed by atoms with van der Waals surface area (Å²) in [5, 5.41) is 17.5. The molecule has 3 aliphatic rings. The van der Waals surface area contributed by atoms with E-state index in [1.54, 1.807) is 0 Å². The number of azo groups is 1. The van der Waals surface area contributed by atoms with Crippen LogP contribution in [0.5, 0.6) is 0 Å². The maximum atomic E-state index is 9.53. The van der Waals surface area contributed by atoms with Gasteiger partial charge in [0, 0.05) is 11.8 Å². The first-order valence-corrected chi connectivity index (χ1v) is 3.64. The summed E-state index contributed by atoms with van der Waals surface area (Å²) in [6.45, 7) is 0. The average Bonchev–Trinajstić information content (AvgIpc) is 2.21. The summed E-state index contributed by atoms with van der Waals surface area (Å²) < 4.78 is 0. The Morgan fingerprint density at radius 3 is 1.80 bits per heavy atom. The van der Waals surface area contributed by atoms with Crippen LogP contribution in [-0.4, -0.2) is 23.3 Å². The second kappa shape index (κ2) is 1.32. The van der Waals surface area contributed by atoms with E-state index in [-0.39, 0.29) is 17.9 Å². The van der Waals surface area contributed by atoms with Crippen LogP contribution in [0.15, 0.2) is 22.4 Å². The minimum atomic E-state index is -0.190. The minimum absolute atomic E-state index is 0.190. The molecule has 3 nitrogen and oxygen atoms in total. The van der Waals surface area contributed by atoms with Gasteiger partial charge in [0.15, 0.2) is 0 Å². The van der Waals surface area contributed by atoms with Crippen LogP contribution in [0.2, 0.25) is 0 Å². The molecule has 0 amide bonds. The summed E-state index contributed by atoms with van der Waals surface area (Å²) in [5.74, 6) is 0.569. The number of aliphatic hydroxyl groups is 1. The fourth-order valence-electron chi connectivity index (χ4n) is 2.20. The normalized spacial score (nSPS) is 60.7. The zero-order valence-corrected chi connectivity index (χ0v) is 5.38. The number of fused-ring (bicyclic) bond motifs is 5. The Morgan fingerprint density at radius 1 is 1.00 bits per heavy atom. The molecule has 0 aromatic heterocycles. The van der Waals surface area contributed by atoms with Gasteiger partial charge in [-0.2, -0.15) is 10.2 Å². The second-order valence-corrected chi connectivity index (χ2v) is 3.24. The second-order valence-electron chi connectivity index (χ2n) is 3.24. The van der Waals surface area contributed by atoms with Gasteiger partial charge in [0.2, 0.25) is 0 Å². The third-order valence-corrected chi connectivity index (χ3v) is 2.82. The predicted octanol–water partition coefficient (Wildman–Crippen LogP) is 0.366. The molecule has 1 saturated carbocycles. The molecule has 10 heavy (non-hydrogen) atoms. The molecule has 3 rings (SSSR count). The highest BCUT2D eigenvalue weighted by Crippen LogP contribution is 2.47. The number of hydrogen-bond donors (Lipinski definition) is 1. The van der Waals surface area contributed by atoms with Crippen molar-refractivity contribution >= 4 is 0 Å². The van der Waals surface area contributed by atoms with Crippen molar-refractivity contribution in [1.82, 2.24) is 0 Å². The predicted molar refractivity (Wildman–Crippen MR) is 34.6 cm³/mol. The molecule has 0 spiro atoms. The lowest BCUT2D eigenvalue weighted by Crippen LogP contribution is -2.33. The van der Waals surface area contributed by atoms with Crippen molar-refractivity contribution in [3.8, 4) is 0 Å². The molecular weight excluding hydrogens is 128 g/mol. The van der Waals surface area contributed by atoms with Gasteiger partial charge in [-0.3, -0.25) is 0 Å². The van der Waals surface area contributed by atoms with Crippen molar-refractivity contribution in [3.63, 3.8) is 0 Å². The number of nitrogens with zero attached hydrogens (tertiary/aromatic N) is 2. The standard InChI is InChI=1S/C7H8N2O/c10-7-3-1-2-4(7)6-5(3)8-9-6/h1-7,10H. The Kier molecular flexibility index (Phi) is 0.663. The average molecular weight is 136 g/mol. The Balaban J connectivity index is 2.08. The molecule has 3 heteroatoms. The van der Waals surface area contributed by atoms with Gasteiger partial charge < -0.3 is 5.11 Å². The molecule has 2 bridgehead atoms. The van der Waals surface area contributed by atoms with Gasteiger partial charge in [0.05, 0.1) is 6.10 Å². The molecular formula is C7H8N2O. The van der Waals surface area contributed by atoms with E-state index in [2.05, 4.69) is 22.4 Å². The number of hydrogen-bond acceptors (Lipinski definition) is 3. The first-order valence-electron chi connectivity index (χ1n) is 3.64. The van der Waals surface area contributed by atoms with Crippen molar-refractivity contribution in [2.45, 2.75) is 18.2 Å². The van der Waals surface area contributed by atoms with Crippen LogP contribution in [0, 0.1) is 11.8 Å². The van der Waals surface area contributed by atoms with E-state index in [9.17, 15) is 5.11 Å². The van der Waals surface area contributed by atoms with Crippen LogP contribution in [0.25, 0.3) is 0 Å². The molecule has 0 radical (unpaired) electrons. The molecule has 0 saturated heterocycles. The van der Waals surface area contributed by atoms with E-state index in [1.165, 1.54) is 0 Å². The van der Waals surface area contributed by atoms with Crippen molar-refractivity contribution in [2.24, 2.45) is 22.1 Å². The first kappa shape index (κ1) is 5.02. The van der Waals surface area contributed by atoms with E-state index in [4.69, 9.17) is 0 Å². The van der Waals surface area contributed by atoms with Gasteiger partial charge in [0.25, 0.3) is 0 Å². The zero-order chi connectivity index (χ0) is 6.72. The maximum absolute atomic E-state index is 9.53. The number of rotatable bonds is 0. The Labute approximate surface area is 58.5 Å². The van der Waals surface area contributed by atoms with E-state index in [0.717, 1.165) is 0 Å². The van der Waals surface area contributed by atoms with Crippen LogP contribution in [0.4, 0.5) is 0 Å². The van der Waals surface area contributed by atoms with Gasteiger partial charge >= 0.3 is 0 Å². The van der Waals surface area contributed by atoms with Gasteiger partial charge in [-0.15, -0.1) is 0 Å². The van der Waals surface area contributed by atoms with E-state index in [1.807, 2.05) is 0 Å². The molecule has 4 atom stereocenters. The van der Waals surface area contributed by atoms with Gasteiger partial charge in [0.1, 0.15) is 12.1 Å². The summed E-state index contributed by atoms with van der Waals surface area (Å²) in [6, 6.07) is 0.648. The molecule has 52 valence electrons. The summed E-state index contributed by atoms with van der Waals surface area (Å²) in [6.07, 6.45) is 3.97. The van der Waals surface area contributed by atoms with Crippen LogP contribution < -0.4 is 0 Å². The molecule has 0 aromatic rings. The van der Waals surface area contributed by atoms with E-state index < -0.39 is 0 Å².